The van der Waals surface area contributed by atoms with E-state index in [0.717, 1.165) is 12.0 Å². The van der Waals surface area contributed by atoms with Gasteiger partial charge in [-0.25, -0.2) is 4.39 Å². The molecule has 25 heavy (non-hydrogen) atoms. The molecular weight excluding hydrogens is 319 g/mol. The standard InChI is InChI=1S/C20H21FN2O2/c1-3-11-25-18-10-6-8-15(19(18)21)13-23-20(24)16-9-5-7-14(4-2)12-17(16)22/h1,5-10H,4,11-13,22H2,2H3,(H,23,24). The van der Waals surface area contributed by atoms with Gasteiger partial charge in [0.2, 0.25) is 0 Å². The Balaban J connectivity index is 2.07. The molecule has 1 aromatic carbocycles. The van der Waals surface area contributed by atoms with E-state index in [1.807, 2.05) is 19.1 Å². The van der Waals surface area contributed by atoms with Crippen LogP contribution in [0.1, 0.15) is 25.3 Å². The first-order chi connectivity index (χ1) is 12.1. The molecule has 4 nitrogen and oxygen atoms in total. The van der Waals surface area contributed by atoms with Crippen LogP contribution in [0.2, 0.25) is 0 Å². The number of terminal acetylenes is 1. The number of carbonyl (C=O) groups is 1. The molecular formula is C20H21FN2O2. The average molecular weight is 340 g/mol. The van der Waals surface area contributed by atoms with Crippen LogP contribution in [0.25, 0.3) is 0 Å². The Bertz CT molecular complexity index is 785. The zero-order valence-corrected chi connectivity index (χ0v) is 14.1. The molecule has 5 heteroatoms. The maximum absolute atomic E-state index is 14.3. The van der Waals surface area contributed by atoms with Crippen LogP contribution in [0.3, 0.4) is 0 Å². The topological polar surface area (TPSA) is 64.3 Å². The Hall–Kier alpha value is -3.00. The van der Waals surface area contributed by atoms with Gasteiger partial charge >= 0.3 is 0 Å². The highest BCUT2D eigenvalue weighted by molar-refractivity contribution is 5.97. The first-order valence-electron chi connectivity index (χ1n) is 8.03. The molecule has 3 N–H and O–H groups in total. The number of carbonyl (C=O) groups excluding carboxylic acids is 1. The summed E-state index contributed by atoms with van der Waals surface area (Å²) in [6, 6.07) is 4.72. The summed E-state index contributed by atoms with van der Waals surface area (Å²) >= 11 is 0. The SMILES string of the molecule is C#CCOc1cccc(CNC(=O)C2=C(N)CC(CC)=CC=C2)c1F. The highest BCUT2D eigenvalue weighted by atomic mass is 19.1. The van der Waals surface area contributed by atoms with Gasteiger partial charge in [-0.2, -0.15) is 0 Å². The van der Waals surface area contributed by atoms with Crippen LogP contribution in [-0.2, 0) is 11.3 Å². The summed E-state index contributed by atoms with van der Waals surface area (Å²) in [5.74, 6) is 1.47. The second kappa shape index (κ2) is 8.74. The number of ether oxygens (including phenoxy) is 1. The van der Waals surface area contributed by atoms with Gasteiger partial charge in [-0.15, -0.1) is 6.42 Å². The van der Waals surface area contributed by atoms with Crippen molar-refractivity contribution in [2.24, 2.45) is 5.73 Å². The van der Waals surface area contributed by atoms with Crippen molar-refractivity contribution in [2.45, 2.75) is 26.3 Å². The third-order valence-electron chi connectivity index (χ3n) is 3.85. The quantitative estimate of drug-likeness (QED) is 0.783. The number of rotatable bonds is 6. The molecule has 0 aliphatic heterocycles. The molecule has 1 amide bonds. The summed E-state index contributed by atoms with van der Waals surface area (Å²) < 4.78 is 19.5. The number of hydrogen-bond acceptors (Lipinski definition) is 3. The number of nitrogens with one attached hydrogen (secondary N) is 1. The van der Waals surface area contributed by atoms with Gasteiger partial charge in [0, 0.05) is 24.2 Å². The van der Waals surface area contributed by atoms with Crippen molar-refractivity contribution < 1.29 is 13.9 Å². The lowest BCUT2D eigenvalue weighted by atomic mass is 10.1. The fraction of sp³-hybridized carbons (Fsp3) is 0.250. The van der Waals surface area contributed by atoms with Gasteiger partial charge in [0.25, 0.3) is 5.91 Å². The van der Waals surface area contributed by atoms with Gasteiger partial charge in [0.15, 0.2) is 11.6 Å². The van der Waals surface area contributed by atoms with E-state index in [4.69, 9.17) is 16.9 Å². The van der Waals surface area contributed by atoms with Gasteiger partial charge in [0.1, 0.15) is 6.61 Å². The number of hydrogen-bond donors (Lipinski definition) is 2. The Morgan fingerprint density at radius 3 is 3.00 bits per heavy atom. The predicted octanol–water partition coefficient (Wildman–Crippen LogP) is 2.96. The van der Waals surface area contributed by atoms with E-state index in [9.17, 15) is 9.18 Å². The number of allylic oxidation sites excluding steroid dienone is 3. The second-order valence-corrected chi connectivity index (χ2v) is 5.56. The molecule has 0 spiro atoms. The predicted molar refractivity (Wildman–Crippen MR) is 95.9 cm³/mol. The van der Waals surface area contributed by atoms with Crippen LogP contribution in [-0.4, -0.2) is 12.5 Å². The van der Waals surface area contributed by atoms with E-state index in [1.54, 1.807) is 18.2 Å². The van der Waals surface area contributed by atoms with E-state index in [2.05, 4.69) is 11.2 Å². The van der Waals surface area contributed by atoms with E-state index >= 15 is 0 Å². The first-order valence-corrected chi connectivity index (χ1v) is 8.03. The van der Waals surface area contributed by atoms with Crippen molar-refractivity contribution in [3.05, 3.63) is 64.7 Å². The van der Waals surface area contributed by atoms with Crippen LogP contribution >= 0.6 is 0 Å². The molecule has 1 aliphatic carbocycles. The highest BCUT2D eigenvalue weighted by Gasteiger charge is 2.15. The number of benzene rings is 1. The van der Waals surface area contributed by atoms with E-state index in [1.165, 1.54) is 6.07 Å². The number of amides is 1. The van der Waals surface area contributed by atoms with Gasteiger partial charge < -0.3 is 15.8 Å². The van der Waals surface area contributed by atoms with Crippen LogP contribution in [0.15, 0.2) is 53.3 Å². The minimum Gasteiger partial charge on any atom is -0.478 e. The number of nitrogens with two attached hydrogens (primary N) is 1. The fourth-order valence-electron chi connectivity index (χ4n) is 2.44. The Morgan fingerprint density at radius 2 is 2.28 bits per heavy atom. The molecule has 0 atom stereocenters. The van der Waals surface area contributed by atoms with Crippen molar-refractivity contribution in [3.63, 3.8) is 0 Å². The molecule has 0 saturated carbocycles. The zero-order chi connectivity index (χ0) is 18.2. The monoisotopic (exact) mass is 340 g/mol. The van der Waals surface area contributed by atoms with Gasteiger partial charge in [0.05, 0.1) is 5.57 Å². The minimum absolute atomic E-state index is 0.0201. The summed E-state index contributed by atoms with van der Waals surface area (Å²) in [6.07, 6.45) is 12.0. The first kappa shape index (κ1) is 18.3. The molecule has 0 fully saturated rings. The lowest BCUT2D eigenvalue weighted by Gasteiger charge is -2.11. The van der Waals surface area contributed by atoms with E-state index < -0.39 is 5.82 Å². The van der Waals surface area contributed by atoms with Crippen LogP contribution in [0.4, 0.5) is 4.39 Å². The minimum atomic E-state index is -0.536. The van der Waals surface area contributed by atoms with E-state index in [0.29, 0.717) is 23.3 Å². The molecule has 130 valence electrons. The third-order valence-corrected chi connectivity index (χ3v) is 3.85. The summed E-state index contributed by atoms with van der Waals surface area (Å²) in [4.78, 5) is 12.4. The van der Waals surface area contributed by atoms with Crippen molar-refractivity contribution >= 4 is 5.91 Å². The normalized spacial score (nSPS) is 13.7. The maximum atomic E-state index is 14.3. The van der Waals surface area contributed by atoms with Crippen molar-refractivity contribution in [2.75, 3.05) is 6.61 Å². The molecule has 0 radical (unpaired) electrons. The summed E-state index contributed by atoms with van der Waals surface area (Å²) in [5.41, 5.74) is 8.41. The molecule has 0 saturated heterocycles. The molecule has 2 rings (SSSR count). The molecule has 0 aromatic heterocycles. The lowest BCUT2D eigenvalue weighted by Crippen LogP contribution is -2.26. The van der Waals surface area contributed by atoms with Gasteiger partial charge in [-0.1, -0.05) is 42.7 Å². The molecule has 1 aromatic rings. The van der Waals surface area contributed by atoms with Crippen LogP contribution in [0.5, 0.6) is 5.75 Å². The van der Waals surface area contributed by atoms with Crippen molar-refractivity contribution in [1.82, 2.24) is 5.32 Å². The third kappa shape index (κ3) is 4.74. The lowest BCUT2D eigenvalue weighted by molar-refractivity contribution is -0.117. The van der Waals surface area contributed by atoms with E-state index in [-0.39, 0.29) is 24.8 Å². The highest BCUT2D eigenvalue weighted by Crippen LogP contribution is 2.21. The summed E-state index contributed by atoms with van der Waals surface area (Å²) in [6.45, 7) is 2.04. The molecule has 0 bridgehead atoms. The summed E-state index contributed by atoms with van der Waals surface area (Å²) in [5, 5.41) is 2.70. The van der Waals surface area contributed by atoms with Crippen LogP contribution < -0.4 is 15.8 Å². The smallest absolute Gasteiger partial charge is 0.253 e. The maximum Gasteiger partial charge on any atom is 0.253 e. The Labute approximate surface area is 147 Å². The Morgan fingerprint density at radius 1 is 1.48 bits per heavy atom. The Kier molecular flexibility index (Phi) is 6.41. The number of halogens is 1. The second-order valence-electron chi connectivity index (χ2n) is 5.56. The average Bonchev–Trinajstić information content (AvgIpc) is 2.80. The molecule has 0 heterocycles. The summed E-state index contributed by atoms with van der Waals surface area (Å²) in [7, 11) is 0. The van der Waals surface area contributed by atoms with Crippen LogP contribution in [0, 0.1) is 18.2 Å². The molecule has 1 aliphatic rings. The largest absolute Gasteiger partial charge is 0.478 e. The van der Waals surface area contributed by atoms with Gasteiger partial charge in [-0.05, 0) is 18.6 Å². The zero-order valence-electron chi connectivity index (χ0n) is 14.1. The molecule has 0 unspecified atom stereocenters. The van der Waals surface area contributed by atoms with Gasteiger partial charge in [-0.3, -0.25) is 4.79 Å². The van der Waals surface area contributed by atoms with Crippen molar-refractivity contribution in [3.8, 4) is 18.1 Å². The fourth-order valence-corrected chi connectivity index (χ4v) is 2.44. The van der Waals surface area contributed by atoms with Crippen molar-refractivity contribution in [1.29, 1.82) is 0 Å².